The Balaban J connectivity index is 4.73. The lowest BCUT2D eigenvalue weighted by atomic mass is 10.2. The van der Waals surface area contributed by atoms with Gasteiger partial charge in [-0.1, -0.05) is 0 Å². The van der Waals surface area contributed by atoms with Crippen molar-refractivity contribution in [2.75, 3.05) is 83.6 Å². The minimum atomic E-state index is -2.51. The summed E-state index contributed by atoms with van der Waals surface area (Å²) in [7, 11) is 7.45. The van der Waals surface area contributed by atoms with Gasteiger partial charge in [0.2, 0.25) is 0 Å². The topological polar surface area (TPSA) is 86.3 Å². The highest BCUT2D eigenvalue weighted by Gasteiger charge is 2.38. The van der Waals surface area contributed by atoms with Crippen LogP contribution in [0.25, 0.3) is 0 Å². The third-order valence-corrected chi connectivity index (χ3v) is 14.9. The molecule has 0 unspecified atom stereocenters. The molecule has 0 radical (unpaired) electrons. The first-order valence-corrected chi connectivity index (χ1v) is 17.8. The molecule has 0 atom stereocenters. The van der Waals surface area contributed by atoms with Crippen LogP contribution in [0.1, 0.15) is 38.5 Å². The van der Waals surface area contributed by atoms with Crippen LogP contribution < -0.4 is 0 Å². The predicted octanol–water partition coefficient (Wildman–Crippen LogP) is 3.26. The molecule has 13 heteroatoms. The van der Waals surface area contributed by atoms with Gasteiger partial charge in [0.1, 0.15) is 0 Å². The predicted molar refractivity (Wildman–Crippen MR) is 139 cm³/mol. The monoisotopic (exact) mass is 545 g/mol. The second-order valence-electron chi connectivity index (χ2n) is 8.10. The summed E-state index contributed by atoms with van der Waals surface area (Å²) in [5.41, 5.74) is 0. The zero-order valence-corrected chi connectivity index (χ0v) is 26.1. The maximum atomic E-state index is 5.55. The molecule has 34 heavy (non-hydrogen) atoms. The summed E-state index contributed by atoms with van der Waals surface area (Å²) in [5.74, 6) is 0. The van der Waals surface area contributed by atoms with Crippen molar-refractivity contribution in [1.29, 1.82) is 0 Å². The van der Waals surface area contributed by atoms with Crippen LogP contribution in [-0.2, 0) is 39.8 Å². The summed E-state index contributed by atoms with van der Waals surface area (Å²) in [5, 5.41) is 0. The molecule has 0 saturated heterocycles. The van der Waals surface area contributed by atoms with Gasteiger partial charge in [0.15, 0.2) is 0 Å². The molecule has 0 aliphatic heterocycles. The Morgan fingerprint density at radius 3 is 0.735 bits per heavy atom. The minimum absolute atomic E-state index is 0.817. The molecule has 0 bridgehead atoms. The minimum Gasteiger partial charge on any atom is -0.377 e. The molecule has 0 fully saturated rings. The lowest BCUT2D eigenvalue weighted by Crippen LogP contribution is -2.43. The van der Waals surface area contributed by atoms with Crippen molar-refractivity contribution in [1.82, 2.24) is 4.90 Å². The van der Waals surface area contributed by atoms with Crippen molar-refractivity contribution in [3.8, 4) is 0 Å². The van der Waals surface area contributed by atoms with Gasteiger partial charge in [-0.2, -0.15) is 0 Å². The third kappa shape index (κ3) is 12.0. The van der Waals surface area contributed by atoms with E-state index in [2.05, 4.69) is 4.90 Å². The van der Waals surface area contributed by atoms with Crippen molar-refractivity contribution in [3.05, 3.63) is 0 Å². The van der Waals surface area contributed by atoms with E-state index in [0.29, 0.717) is 0 Å². The molecule has 0 aromatic heterocycles. The van der Waals surface area contributed by atoms with Crippen LogP contribution in [0.4, 0.5) is 0 Å². The Bertz CT molecular complexity index is 391. The van der Waals surface area contributed by atoms with E-state index in [1.54, 1.807) is 64.0 Å². The molecular weight excluding hydrogens is 494 g/mol. The Labute approximate surface area is 211 Å². The fourth-order valence-electron chi connectivity index (χ4n) is 4.03. The van der Waals surface area contributed by atoms with E-state index < -0.39 is 26.4 Å². The van der Waals surface area contributed by atoms with Gasteiger partial charge in [0.05, 0.1) is 0 Å². The molecule has 0 aliphatic carbocycles. The molecule has 0 rings (SSSR count). The Hall–Kier alpha value is 0.251. The van der Waals surface area contributed by atoms with E-state index in [1.165, 1.54) is 0 Å². The van der Waals surface area contributed by atoms with Crippen LogP contribution in [0, 0.1) is 0 Å². The van der Waals surface area contributed by atoms with Gasteiger partial charge in [0, 0.05) is 82.1 Å². The highest BCUT2D eigenvalue weighted by Crippen LogP contribution is 2.20. The van der Waals surface area contributed by atoms with E-state index in [0.717, 1.165) is 76.3 Å². The van der Waals surface area contributed by atoms with Gasteiger partial charge in [-0.25, -0.2) is 0 Å². The van der Waals surface area contributed by atoms with Gasteiger partial charge in [-0.3, -0.25) is 0 Å². The number of hydrogen-bond donors (Lipinski definition) is 0. The Morgan fingerprint density at radius 2 is 0.559 bits per heavy atom. The molecule has 0 aliphatic rings. The number of unbranched alkanes of at least 4 members (excludes halogenated alkanes) is 3. The number of nitrogens with zero attached hydrogens (tertiary/aromatic N) is 1. The second kappa shape index (κ2) is 19.4. The molecule has 0 heterocycles. The second-order valence-corrected chi connectivity index (χ2v) is 17.4. The first-order chi connectivity index (χ1) is 16.3. The van der Waals surface area contributed by atoms with Crippen molar-refractivity contribution in [2.45, 2.75) is 56.7 Å². The first kappa shape index (κ1) is 34.3. The first-order valence-electron chi connectivity index (χ1n) is 12.0. The molecule has 0 N–H and O–H groups in total. The van der Waals surface area contributed by atoms with Crippen LogP contribution >= 0.6 is 0 Å². The zero-order valence-electron chi connectivity index (χ0n) is 23.1. The van der Waals surface area contributed by atoms with E-state index >= 15 is 0 Å². The molecule has 0 amide bonds. The summed E-state index contributed by atoms with van der Waals surface area (Å²) in [6.07, 6.45) is 6.18. The molecular formula is C21H51NO9Si3. The van der Waals surface area contributed by atoms with Crippen molar-refractivity contribution in [3.63, 3.8) is 0 Å². The fourth-order valence-corrected chi connectivity index (χ4v) is 9.42. The third-order valence-electron chi connectivity index (χ3n) is 6.42. The van der Waals surface area contributed by atoms with Gasteiger partial charge in [-0.05, 0) is 58.2 Å². The van der Waals surface area contributed by atoms with Crippen LogP contribution in [0.5, 0.6) is 0 Å². The quantitative estimate of drug-likeness (QED) is 0.133. The van der Waals surface area contributed by atoms with E-state index in [9.17, 15) is 0 Å². The fraction of sp³-hybridized carbons (Fsp3) is 1.00. The van der Waals surface area contributed by atoms with Crippen LogP contribution in [-0.4, -0.2) is 115 Å². The summed E-state index contributed by atoms with van der Waals surface area (Å²) in [4.78, 5) is 2.53. The van der Waals surface area contributed by atoms with E-state index in [-0.39, 0.29) is 0 Å². The van der Waals surface area contributed by atoms with Crippen molar-refractivity contribution in [2.24, 2.45) is 0 Å². The molecule has 10 nitrogen and oxygen atoms in total. The largest absolute Gasteiger partial charge is 0.500 e. The van der Waals surface area contributed by atoms with Crippen LogP contribution in [0.15, 0.2) is 0 Å². The van der Waals surface area contributed by atoms with Gasteiger partial charge >= 0.3 is 26.4 Å². The number of hydrogen-bond acceptors (Lipinski definition) is 10. The SMILES string of the molecule is CO[Si](CCCCN(CCCC[Si](OC)(OC)OC)CCCC[Si](OC)(OC)OC)(OC)OC. The van der Waals surface area contributed by atoms with E-state index in [4.69, 9.17) is 39.8 Å². The highest BCUT2D eigenvalue weighted by atomic mass is 28.4. The smallest absolute Gasteiger partial charge is 0.377 e. The van der Waals surface area contributed by atoms with Crippen LogP contribution in [0.3, 0.4) is 0 Å². The summed E-state index contributed by atoms with van der Waals surface area (Å²) in [6, 6.07) is 2.45. The molecule has 206 valence electrons. The van der Waals surface area contributed by atoms with Crippen molar-refractivity contribution >= 4 is 26.4 Å². The summed E-state index contributed by atoms with van der Waals surface area (Å²) >= 11 is 0. The number of rotatable bonds is 24. The average Bonchev–Trinajstić information content (AvgIpc) is 2.89. The van der Waals surface area contributed by atoms with Crippen LogP contribution in [0.2, 0.25) is 18.1 Å². The highest BCUT2D eigenvalue weighted by molar-refractivity contribution is 6.61. The van der Waals surface area contributed by atoms with E-state index in [1.807, 2.05) is 0 Å². The summed E-state index contributed by atoms with van der Waals surface area (Å²) in [6.45, 7) is 3.05. The molecule has 0 spiro atoms. The van der Waals surface area contributed by atoms with Crippen molar-refractivity contribution < 1.29 is 39.8 Å². The summed E-state index contributed by atoms with van der Waals surface area (Å²) < 4.78 is 49.9. The molecule has 0 saturated carbocycles. The maximum absolute atomic E-state index is 5.55. The lowest BCUT2D eigenvalue weighted by molar-refractivity contribution is 0.122. The standard InChI is InChI=1S/C21H51NO9Si3/c1-23-32(24-2,25-3)19-13-10-16-22(17-11-14-20-33(26-4,27-5)28-6)18-12-15-21-34(29-7,30-8)31-9/h10-21H2,1-9H3. The average molecular weight is 546 g/mol. The Morgan fingerprint density at radius 1 is 0.353 bits per heavy atom. The van der Waals surface area contributed by atoms with Gasteiger partial charge in [0.25, 0.3) is 0 Å². The molecule has 0 aromatic rings. The normalized spacial score (nSPS) is 13.2. The Kier molecular flexibility index (Phi) is 19.5. The van der Waals surface area contributed by atoms with Gasteiger partial charge in [-0.15, -0.1) is 0 Å². The molecule has 0 aromatic carbocycles. The zero-order chi connectivity index (χ0) is 25.9. The van der Waals surface area contributed by atoms with Gasteiger partial charge < -0.3 is 44.7 Å². The maximum Gasteiger partial charge on any atom is 0.500 e. The lowest BCUT2D eigenvalue weighted by Gasteiger charge is -2.27.